The van der Waals surface area contributed by atoms with Crippen LogP contribution in [0, 0.1) is 10.1 Å². The standard InChI is InChI=1S/C15H23N3O3/c1-5-17(6-2)15(19)12(4)16-11(3)13-7-9-14(10-8-13)18(20)21/h7-12,16H,5-6H2,1-4H3. The molecule has 0 heterocycles. The van der Waals surface area contributed by atoms with Crippen LogP contribution in [0.15, 0.2) is 24.3 Å². The Kier molecular flexibility index (Phi) is 6.30. The number of nitro benzene ring substituents is 1. The molecule has 0 saturated heterocycles. The van der Waals surface area contributed by atoms with Crippen molar-refractivity contribution in [3.63, 3.8) is 0 Å². The number of nitrogens with zero attached hydrogens (tertiary/aromatic N) is 2. The van der Waals surface area contributed by atoms with Gasteiger partial charge in [0.05, 0.1) is 11.0 Å². The number of amides is 1. The van der Waals surface area contributed by atoms with Gasteiger partial charge >= 0.3 is 0 Å². The molecule has 21 heavy (non-hydrogen) atoms. The lowest BCUT2D eigenvalue weighted by atomic mass is 10.1. The van der Waals surface area contributed by atoms with Crippen molar-refractivity contribution in [3.05, 3.63) is 39.9 Å². The second-order valence-electron chi connectivity index (χ2n) is 4.97. The van der Waals surface area contributed by atoms with Crippen LogP contribution < -0.4 is 5.32 Å². The van der Waals surface area contributed by atoms with Crippen molar-refractivity contribution < 1.29 is 9.72 Å². The van der Waals surface area contributed by atoms with Crippen molar-refractivity contribution in [2.75, 3.05) is 13.1 Å². The van der Waals surface area contributed by atoms with E-state index in [4.69, 9.17) is 0 Å². The SMILES string of the molecule is CCN(CC)C(=O)C(C)NC(C)c1ccc([N+](=O)[O-])cc1. The van der Waals surface area contributed by atoms with Crippen LogP contribution in [-0.4, -0.2) is 34.9 Å². The van der Waals surface area contributed by atoms with Gasteiger partial charge in [-0.15, -0.1) is 0 Å². The molecule has 6 heteroatoms. The molecule has 0 bridgehead atoms. The van der Waals surface area contributed by atoms with Gasteiger partial charge in [-0.1, -0.05) is 12.1 Å². The molecule has 0 radical (unpaired) electrons. The number of carbonyl (C=O) groups is 1. The average Bonchev–Trinajstić information content (AvgIpc) is 2.48. The summed E-state index contributed by atoms with van der Waals surface area (Å²) < 4.78 is 0. The molecule has 0 aromatic heterocycles. The molecular weight excluding hydrogens is 270 g/mol. The molecule has 0 fully saturated rings. The molecule has 0 aliphatic rings. The van der Waals surface area contributed by atoms with Crippen molar-refractivity contribution in [2.24, 2.45) is 0 Å². The summed E-state index contributed by atoms with van der Waals surface area (Å²) in [7, 11) is 0. The monoisotopic (exact) mass is 293 g/mol. The van der Waals surface area contributed by atoms with Crippen LogP contribution in [0.5, 0.6) is 0 Å². The maximum atomic E-state index is 12.2. The van der Waals surface area contributed by atoms with Gasteiger partial charge in [0.25, 0.3) is 5.69 Å². The average molecular weight is 293 g/mol. The molecule has 2 atom stereocenters. The number of benzene rings is 1. The highest BCUT2D eigenvalue weighted by atomic mass is 16.6. The van der Waals surface area contributed by atoms with Crippen molar-refractivity contribution in [1.82, 2.24) is 10.2 Å². The van der Waals surface area contributed by atoms with Gasteiger partial charge in [0.2, 0.25) is 5.91 Å². The van der Waals surface area contributed by atoms with E-state index in [9.17, 15) is 14.9 Å². The Hall–Kier alpha value is -1.95. The van der Waals surface area contributed by atoms with Gasteiger partial charge in [0.15, 0.2) is 0 Å². The number of likely N-dealkylation sites (N-methyl/N-ethyl adjacent to an activating group) is 1. The third-order valence-electron chi connectivity index (χ3n) is 3.55. The lowest BCUT2D eigenvalue weighted by molar-refractivity contribution is -0.384. The minimum atomic E-state index is -0.422. The summed E-state index contributed by atoms with van der Waals surface area (Å²) in [5, 5.41) is 13.9. The highest BCUT2D eigenvalue weighted by Crippen LogP contribution is 2.18. The van der Waals surface area contributed by atoms with Crippen LogP contribution >= 0.6 is 0 Å². The van der Waals surface area contributed by atoms with Crippen LogP contribution in [-0.2, 0) is 4.79 Å². The molecule has 116 valence electrons. The lowest BCUT2D eigenvalue weighted by Crippen LogP contribution is -2.45. The first kappa shape index (κ1) is 17.1. The number of carbonyl (C=O) groups excluding carboxylic acids is 1. The van der Waals surface area contributed by atoms with Crippen molar-refractivity contribution in [3.8, 4) is 0 Å². The summed E-state index contributed by atoms with van der Waals surface area (Å²) in [4.78, 5) is 24.2. The molecule has 1 aromatic carbocycles. The highest BCUT2D eigenvalue weighted by molar-refractivity contribution is 5.81. The van der Waals surface area contributed by atoms with Gasteiger partial charge in [-0.3, -0.25) is 20.2 Å². The van der Waals surface area contributed by atoms with E-state index in [0.29, 0.717) is 13.1 Å². The van der Waals surface area contributed by atoms with E-state index in [2.05, 4.69) is 5.32 Å². The molecule has 1 aromatic rings. The molecular formula is C15H23N3O3. The van der Waals surface area contributed by atoms with E-state index in [1.54, 1.807) is 17.0 Å². The Labute approximate surface area is 125 Å². The van der Waals surface area contributed by atoms with E-state index < -0.39 is 4.92 Å². The third kappa shape index (κ3) is 4.53. The van der Waals surface area contributed by atoms with Crippen LogP contribution in [0.4, 0.5) is 5.69 Å². The lowest BCUT2D eigenvalue weighted by Gasteiger charge is -2.26. The Morgan fingerprint density at radius 2 is 1.76 bits per heavy atom. The normalized spacial score (nSPS) is 13.5. The first-order chi connectivity index (χ1) is 9.90. The Balaban J connectivity index is 2.69. The summed E-state index contributed by atoms with van der Waals surface area (Å²) in [5.41, 5.74) is 0.984. The third-order valence-corrected chi connectivity index (χ3v) is 3.55. The van der Waals surface area contributed by atoms with Crippen LogP contribution in [0.2, 0.25) is 0 Å². The Morgan fingerprint density at radius 3 is 2.19 bits per heavy atom. The van der Waals surface area contributed by atoms with E-state index in [1.165, 1.54) is 12.1 Å². The topological polar surface area (TPSA) is 75.5 Å². The number of non-ortho nitro benzene ring substituents is 1. The highest BCUT2D eigenvalue weighted by Gasteiger charge is 2.20. The van der Waals surface area contributed by atoms with Gasteiger partial charge in [0.1, 0.15) is 0 Å². The number of nitrogens with one attached hydrogen (secondary N) is 1. The van der Waals surface area contributed by atoms with Crippen LogP contribution in [0.3, 0.4) is 0 Å². The van der Waals surface area contributed by atoms with E-state index in [1.807, 2.05) is 27.7 Å². The molecule has 1 rings (SSSR count). The fraction of sp³-hybridized carbons (Fsp3) is 0.533. The molecule has 2 unspecified atom stereocenters. The number of nitro groups is 1. The summed E-state index contributed by atoms with van der Waals surface area (Å²) in [6.45, 7) is 9.05. The molecule has 0 aliphatic heterocycles. The summed E-state index contributed by atoms with van der Waals surface area (Å²) in [6.07, 6.45) is 0. The molecule has 0 aliphatic carbocycles. The minimum Gasteiger partial charge on any atom is -0.342 e. The zero-order valence-electron chi connectivity index (χ0n) is 13.0. The molecule has 1 N–H and O–H groups in total. The number of rotatable bonds is 7. The van der Waals surface area contributed by atoms with E-state index in [0.717, 1.165) is 5.56 Å². The van der Waals surface area contributed by atoms with Gasteiger partial charge in [0, 0.05) is 31.3 Å². The predicted molar refractivity (Wildman–Crippen MR) is 82.0 cm³/mol. The largest absolute Gasteiger partial charge is 0.342 e. The van der Waals surface area contributed by atoms with Gasteiger partial charge < -0.3 is 4.90 Å². The zero-order valence-corrected chi connectivity index (χ0v) is 13.0. The smallest absolute Gasteiger partial charge is 0.269 e. The maximum absolute atomic E-state index is 12.2. The van der Waals surface area contributed by atoms with Gasteiger partial charge in [-0.05, 0) is 33.3 Å². The second-order valence-corrected chi connectivity index (χ2v) is 4.97. The molecule has 6 nitrogen and oxygen atoms in total. The quantitative estimate of drug-likeness (QED) is 0.619. The minimum absolute atomic E-state index is 0.0553. The van der Waals surface area contributed by atoms with Gasteiger partial charge in [-0.2, -0.15) is 0 Å². The first-order valence-corrected chi connectivity index (χ1v) is 7.19. The Bertz CT molecular complexity index is 483. The molecule has 1 amide bonds. The fourth-order valence-electron chi connectivity index (χ4n) is 2.24. The summed E-state index contributed by atoms with van der Waals surface area (Å²) >= 11 is 0. The van der Waals surface area contributed by atoms with Gasteiger partial charge in [-0.25, -0.2) is 0 Å². The zero-order chi connectivity index (χ0) is 16.0. The van der Waals surface area contributed by atoms with Crippen molar-refractivity contribution in [2.45, 2.75) is 39.8 Å². The van der Waals surface area contributed by atoms with Crippen molar-refractivity contribution in [1.29, 1.82) is 0 Å². The number of hydrogen-bond acceptors (Lipinski definition) is 4. The maximum Gasteiger partial charge on any atom is 0.269 e. The van der Waals surface area contributed by atoms with E-state index >= 15 is 0 Å². The summed E-state index contributed by atoms with van der Waals surface area (Å²) in [5.74, 6) is 0.0637. The second kappa shape index (κ2) is 7.73. The first-order valence-electron chi connectivity index (χ1n) is 7.19. The Morgan fingerprint density at radius 1 is 1.24 bits per heavy atom. The van der Waals surface area contributed by atoms with Crippen LogP contribution in [0.1, 0.15) is 39.3 Å². The van der Waals surface area contributed by atoms with Crippen LogP contribution in [0.25, 0.3) is 0 Å². The molecule has 0 saturated carbocycles. The summed E-state index contributed by atoms with van der Waals surface area (Å²) in [6, 6.07) is 6.03. The number of hydrogen-bond donors (Lipinski definition) is 1. The fourth-order valence-corrected chi connectivity index (χ4v) is 2.24. The van der Waals surface area contributed by atoms with Crippen molar-refractivity contribution >= 4 is 11.6 Å². The predicted octanol–water partition coefficient (Wildman–Crippen LogP) is 2.50. The van der Waals surface area contributed by atoms with E-state index in [-0.39, 0.29) is 23.7 Å². The molecule has 0 spiro atoms.